The van der Waals surface area contributed by atoms with Gasteiger partial charge in [-0.25, -0.2) is 4.98 Å². The summed E-state index contributed by atoms with van der Waals surface area (Å²) in [6.45, 7) is 2.01. The first-order chi connectivity index (χ1) is 12.6. The highest BCUT2D eigenvalue weighted by Crippen LogP contribution is 2.30. The molecule has 0 bridgehead atoms. The van der Waals surface area contributed by atoms with Crippen molar-refractivity contribution in [3.05, 3.63) is 89.1 Å². The number of anilines is 1. The lowest BCUT2D eigenvalue weighted by Gasteiger charge is -2.22. The van der Waals surface area contributed by atoms with E-state index in [2.05, 4.69) is 27.4 Å². The van der Waals surface area contributed by atoms with Crippen molar-refractivity contribution in [2.24, 2.45) is 7.05 Å². The average Bonchev–Trinajstić information content (AvgIpc) is 3.06. The van der Waals surface area contributed by atoms with E-state index in [0.29, 0.717) is 0 Å². The van der Waals surface area contributed by atoms with Crippen molar-refractivity contribution in [2.75, 3.05) is 5.32 Å². The van der Waals surface area contributed by atoms with Crippen LogP contribution in [0.5, 0.6) is 0 Å². The molecule has 0 aliphatic heterocycles. The lowest BCUT2D eigenvalue weighted by Crippen LogP contribution is -2.17. The minimum atomic E-state index is -0.0996. The smallest absolute Gasteiger partial charge is 0.135 e. The van der Waals surface area contributed by atoms with Gasteiger partial charge >= 0.3 is 0 Å². The number of hydrogen-bond acceptors (Lipinski definition) is 3. The van der Waals surface area contributed by atoms with E-state index in [9.17, 15) is 0 Å². The number of para-hydroxylation sites is 1. The predicted octanol–water partition coefficient (Wildman–Crippen LogP) is 5.13. The number of hydrogen-bond donors (Lipinski definition) is 1. The summed E-state index contributed by atoms with van der Waals surface area (Å²) in [5, 5.41) is 5.48. The third kappa shape index (κ3) is 3.16. The summed E-state index contributed by atoms with van der Waals surface area (Å²) in [6.07, 6.45) is 3.77. The van der Waals surface area contributed by atoms with E-state index in [1.165, 1.54) is 0 Å². The summed E-state index contributed by atoms with van der Waals surface area (Å²) in [4.78, 5) is 9.20. The lowest BCUT2D eigenvalue weighted by molar-refractivity contribution is 0.749. The monoisotopic (exact) mass is 362 g/mol. The molecule has 0 radical (unpaired) electrons. The third-order valence-corrected chi connectivity index (χ3v) is 4.72. The molecule has 0 fully saturated rings. The number of imidazole rings is 1. The van der Waals surface area contributed by atoms with Crippen LogP contribution in [0.2, 0.25) is 5.02 Å². The Bertz CT molecular complexity index is 1050. The summed E-state index contributed by atoms with van der Waals surface area (Å²) < 4.78 is 2.03. The standard InChI is InChI=1S/C21H19ClN4/c1-14-13-19(17-5-3-4-6-18(17)24-14)25-20(21-23-11-12-26(21)2)15-7-9-16(22)10-8-15/h3-13,20H,1-2H3,(H,24,25)/t20-/m0/s1. The van der Waals surface area contributed by atoms with Gasteiger partial charge < -0.3 is 9.88 Å². The highest BCUT2D eigenvalue weighted by atomic mass is 35.5. The van der Waals surface area contributed by atoms with Gasteiger partial charge in [0.2, 0.25) is 0 Å². The van der Waals surface area contributed by atoms with E-state index >= 15 is 0 Å². The van der Waals surface area contributed by atoms with E-state index in [1.807, 2.05) is 73.4 Å². The molecule has 130 valence electrons. The number of nitrogens with zero attached hydrogens (tertiary/aromatic N) is 3. The first kappa shape index (κ1) is 16.6. The highest BCUT2D eigenvalue weighted by Gasteiger charge is 2.19. The van der Waals surface area contributed by atoms with Gasteiger partial charge in [0.15, 0.2) is 0 Å². The van der Waals surface area contributed by atoms with Crippen LogP contribution in [0, 0.1) is 6.92 Å². The average molecular weight is 363 g/mol. The van der Waals surface area contributed by atoms with Crippen LogP contribution in [0.4, 0.5) is 5.69 Å². The van der Waals surface area contributed by atoms with E-state index < -0.39 is 0 Å². The molecule has 0 aliphatic rings. The molecule has 0 saturated carbocycles. The van der Waals surface area contributed by atoms with Gasteiger partial charge in [-0.05, 0) is 36.8 Å². The summed E-state index contributed by atoms with van der Waals surface area (Å²) >= 11 is 6.08. The molecule has 0 amide bonds. The molecule has 2 heterocycles. The lowest BCUT2D eigenvalue weighted by atomic mass is 10.0. The van der Waals surface area contributed by atoms with E-state index in [4.69, 9.17) is 11.6 Å². The Morgan fingerprint density at radius 1 is 1.08 bits per heavy atom. The largest absolute Gasteiger partial charge is 0.371 e. The van der Waals surface area contributed by atoms with Crippen molar-refractivity contribution in [1.29, 1.82) is 0 Å². The van der Waals surface area contributed by atoms with Gasteiger partial charge in [0, 0.05) is 41.2 Å². The van der Waals surface area contributed by atoms with Crippen LogP contribution >= 0.6 is 11.6 Å². The van der Waals surface area contributed by atoms with Crippen LogP contribution in [-0.2, 0) is 7.05 Å². The Balaban J connectivity index is 1.84. The second-order valence-electron chi connectivity index (χ2n) is 6.35. The van der Waals surface area contributed by atoms with Gasteiger partial charge in [0.05, 0.1) is 5.52 Å². The summed E-state index contributed by atoms with van der Waals surface area (Å²) in [5.41, 5.74) is 4.09. The van der Waals surface area contributed by atoms with Crippen molar-refractivity contribution in [3.8, 4) is 0 Å². The number of aromatic nitrogens is 3. The first-order valence-corrected chi connectivity index (χ1v) is 8.85. The van der Waals surface area contributed by atoms with E-state index in [-0.39, 0.29) is 6.04 Å². The van der Waals surface area contributed by atoms with Gasteiger partial charge in [-0.1, -0.05) is 41.9 Å². The predicted molar refractivity (Wildman–Crippen MR) is 107 cm³/mol. The van der Waals surface area contributed by atoms with Gasteiger partial charge in [-0.15, -0.1) is 0 Å². The maximum atomic E-state index is 6.08. The van der Waals surface area contributed by atoms with Crippen LogP contribution in [0.25, 0.3) is 10.9 Å². The van der Waals surface area contributed by atoms with Crippen molar-refractivity contribution in [1.82, 2.24) is 14.5 Å². The Labute approximate surface area is 157 Å². The maximum absolute atomic E-state index is 6.08. The van der Waals surface area contributed by atoms with Gasteiger partial charge in [-0.3, -0.25) is 4.98 Å². The normalized spacial score (nSPS) is 12.3. The second-order valence-corrected chi connectivity index (χ2v) is 6.79. The molecule has 2 aromatic carbocycles. The van der Waals surface area contributed by atoms with Crippen LogP contribution in [0.1, 0.15) is 23.1 Å². The molecule has 4 aromatic rings. The number of nitrogens with one attached hydrogen (secondary N) is 1. The minimum Gasteiger partial charge on any atom is -0.371 e. The fourth-order valence-electron chi connectivity index (χ4n) is 3.19. The summed E-state index contributed by atoms with van der Waals surface area (Å²) in [5.74, 6) is 0.936. The first-order valence-electron chi connectivity index (χ1n) is 8.47. The molecule has 4 nitrogen and oxygen atoms in total. The van der Waals surface area contributed by atoms with Crippen molar-refractivity contribution < 1.29 is 0 Å². The van der Waals surface area contributed by atoms with Crippen LogP contribution < -0.4 is 5.32 Å². The van der Waals surface area contributed by atoms with E-state index in [0.717, 1.165) is 38.7 Å². The number of pyridine rings is 1. The molecule has 4 rings (SSSR count). The highest BCUT2D eigenvalue weighted by molar-refractivity contribution is 6.30. The zero-order valence-electron chi connectivity index (χ0n) is 14.6. The Morgan fingerprint density at radius 2 is 1.85 bits per heavy atom. The van der Waals surface area contributed by atoms with Crippen LogP contribution in [-0.4, -0.2) is 14.5 Å². The molecule has 1 atom stereocenters. The van der Waals surface area contributed by atoms with Gasteiger partial charge in [-0.2, -0.15) is 0 Å². The quantitative estimate of drug-likeness (QED) is 0.547. The zero-order valence-corrected chi connectivity index (χ0v) is 15.4. The Hall–Kier alpha value is -2.85. The molecule has 0 spiro atoms. The molecule has 26 heavy (non-hydrogen) atoms. The zero-order chi connectivity index (χ0) is 18.1. The molecule has 0 saturated heterocycles. The molecule has 2 aromatic heterocycles. The van der Waals surface area contributed by atoms with Crippen molar-refractivity contribution in [3.63, 3.8) is 0 Å². The molecular formula is C21H19ClN4. The maximum Gasteiger partial charge on any atom is 0.135 e. The van der Waals surface area contributed by atoms with Crippen LogP contribution in [0.3, 0.4) is 0 Å². The number of halogens is 1. The number of benzene rings is 2. The molecule has 5 heteroatoms. The fourth-order valence-corrected chi connectivity index (χ4v) is 3.32. The van der Waals surface area contributed by atoms with Crippen LogP contribution in [0.15, 0.2) is 67.0 Å². The molecule has 1 N–H and O–H groups in total. The topological polar surface area (TPSA) is 42.7 Å². The molecule has 0 aliphatic carbocycles. The third-order valence-electron chi connectivity index (χ3n) is 4.46. The summed E-state index contributed by atoms with van der Waals surface area (Å²) in [6, 6.07) is 18.0. The van der Waals surface area contributed by atoms with Crippen molar-refractivity contribution in [2.45, 2.75) is 13.0 Å². The summed E-state index contributed by atoms with van der Waals surface area (Å²) in [7, 11) is 2.00. The Morgan fingerprint density at radius 3 is 2.58 bits per heavy atom. The fraction of sp³-hybridized carbons (Fsp3) is 0.143. The number of fused-ring (bicyclic) bond motifs is 1. The minimum absolute atomic E-state index is 0.0996. The Kier molecular flexibility index (Phi) is 4.35. The number of aryl methyl sites for hydroxylation is 2. The second kappa shape index (κ2) is 6.81. The number of rotatable bonds is 4. The molecule has 0 unspecified atom stereocenters. The SMILES string of the molecule is Cc1cc(N[C@@H](c2ccc(Cl)cc2)c2nccn2C)c2ccccc2n1. The molecular weight excluding hydrogens is 344 g/mol. The van der Waals surface area contributed by atoms with Gasteiger partial charge in [0.25, 0.3) is 0 Å². The van der Waals surface area contributed by atoms with E-state index in [1.54, 1.807) is 0 Å². The van der Waals surface area contributed by atoms with Crippen molar-refractivity contribution >= 4 is 28.2 Å². The van der Waals surface area contributed by atoms with Gasteiger partial charge in [0.1, 0.15) is 11.9 Å².